The van der Waals surface area contributed by atoms with Gasteiger partial charge in [0.1, 0.15) is 5.78 Å². The van der Waals surface area contributed by atoms with Crippen molar-refractivity contribution in [3.8, 4) is 0 Å². The Morgan fingerprint density at radius 2 is 1.90 bits per heavy atom. The molecule has 0 unspecified atom stereocenters. The van der Waals surface area contributed by atoms with Crippen molar-refractivity contribution >= 4 is 17.5 Å². The fourth-order valence-electron chi connectivity index (χ4n) is 2.49. The highest BCUT2D eigenvalue weighted by Crippen LogP contribution is 2.35. The van der Waals surface area contributed by atoms with Gasteiger partial charge < -0.3 is 9.53 Å². The van der Waals surface area contributed by atoms with E-state index < -0.39 is 5.97 Å². The highest BCUT2D eigenvalue weighted by atomic mass is 16.5. The van der Waals surface area contributed by atoms with Crippen LogP contribution in [0.5, 0.6) is 0 Å². The molecule has 0 radical (unpaired) electrons. The van der Waals surface area contributed by atoms with E-state index in [0.29, 0.717) is 24.8 Å². The molecule has 1 saturated carbocycles. The van der Waals surface area contributed by atoms with Gasteiger partial charge in [-0.1, -0.05) is 12.2 Å². The topological polar surface area (TPSA) is 60.4 Å². The molecule has 4 nitrogen and oxygen atoms in total. The molecule has 0 bridgehead atoms. The molecule has 0 saturated heterocycles. The van der Waals surface area contributed by atoms with Gasteiger partial charge in [0, 0.05) is 24.3 Å². The van der Waals surface area contributed by atoms with E-state index in [-0.39, 0.29) is 17.5 Å². The molecule has 0 aromatic rings. The van der Waals surface area contributed by atoms with E-state index in [2.05, 4.69) is 11.3 Å². The summed E-state index contributed by atoms with van der Waals surface area (Å²) in [4.78, 5) is 34.4. The molecule has 110 valence electrons. The summed E-state index contributed by atoms with van der Waals surface area (Å²) in [7, 11) is 1.31. The number of hydrogen-bond donors (Lipinski definition) is 0. The Hall–Kier alpha value is -1.71. The third kappa shape index (κ3) is 4.15. The number of ether oxygens (including phenoxy) is 1. The van der Waals surface area contributed by atoms with Crippen LogP contribution in [0.15, 0.2) is 23.3 Å². The molecule has 1 rings (SSSR count). The number of rotatable bonds is 6. The zero-order chi connectivity index (χ0) is 15.3. The van der Waals surface area contributed by atoms with E-state index in [1.807, 2.05) is 6.92 Å². The minimum absolute atomic E-state index is 0.0837. The minimum atomic E-state index is -0.446. The Morgan fingerprint density at radius 1 is 1.25 bits per heavy atom. The van der Waals surface area contributed by atoms with Gasteiger partial charge >= 0.3 is 5.97 Å². The van der Waals surface area contributed by atoms with Crippen molar-refractivity contribution in [3.63, 3.8) is 0 Å². The molecule has 0 heterocycles. The van der Waals surface area contributed by atoms with Crippen LogP contribution in [0.1, 0.15) is 46.0 Å². The highest BCUT2D eigenvalue weighted by Gasteiger charge is 2.32. The molecule has 1 aliphatic carbocycles. The van der Waals surface area contributed by atoms with E-state index in [1.54, 1.807) is 6.92 Å². The molecule has 0 aromatic heterocycles. The lowest BCUT2D eigenvalue weighted by Crippen LogP contribution is -2.11. The Labute approximate surface area is 119 Å². The van der Waals surface area contributed by atoms with Gasteiger partial charge in [-0.3, -0.25) is 4.79 Å². The molecule has 0 amide bonds. The van der Waals surface area contributed by atoms with Crippen LogP contribution in [0.3, 0.4) is 0 Å². The van der Waals surface area contributed by atoms with Crippen LogP contribution in [0.2, 0.25) is 0 Å². The second-order valence-corrected chi connectivity index (χ2v) is 5.36. The molecular formula is C16H22O4. The van der Waals surface area contributed by atoms with Gasteiger partial charge in [-0.05, 0) is 38.7 Å². The van der Waals surface area contributed by atoms with Crippen LogP contribution in [-0.4, -0.2) is 24.6 Å². The Balaban J connectivity index is 2.68. The lowest BCUT2D eigenvalue weighted by atomic mass is 9.97. The summed E-state index contributed by atoms with van der Waals surface area (Å²) < 4.78 is 4.64. The molecule has 1 aliphatic rings. The molecule has 20 heavy (non-hydrogen) atoms. The van der Waals surface area contributed by atoms with Crippen LogP contribution in [0, 0.1) is 5.92 Å². The maximum atomic E-state index is 12.0. The average molecular weight is 278 g/mol. The van der Waals surface area contributed by atoms with Crippen LogP contribution >= 0.6 is 0 Å². The number of Topliss-reactive ketones (excluding diaryl/α,β-unsaturated/α-hetero) is 2. The number of hydrogen-bond acceptors (Lipinski definition) is 4. The van der Waals surface area contributed by atoms with Gasteiger partial charge in [0.2, 0.25) is 0 Å². The normalized spacial score (nSPS) is 20.8. The number of esters is 1. The van der Waals surface area contributed by atoms with Gasteiger partial charge in [-0.25, -0.2) is 4.79 Å². The first kappa shape index (κ1) is 16.3. The van der Waals surface area contributed by atoms with Crippen molar-refractivity contribution in [2.45, 2.75) is 46.0 Å². The molecular weight excluding hydrogens is 256 g/mol. The van der Waals surface area contributed by atoms with Crippen molar-refractivity contribution in [2.75, 3.05) is 7.11 Å². The fraction of sp³-hybridized carbons (Fsp3) is 0.562. The Morgan fingerprint density at radius 3 is 2.45 bits per heavy atom. The molecule has 0 aromatic carbocycles. The van der Waals surface area contributed by atoms with Crippen molar-refractivity contribution < 1.29 is 19.1 Å². The average Bonchev–Trinajstić information content (AvgIpc) is 2.78. The fourth-order valence-corrected chi connectivity index (χ4v) is 2.49. The number of ketones is 2. The second kappa shape index (κ2) is 7.17. The zero-order valence-electron chi connectivity index (χ0n) is 12.5. The molecule has 0 aliphatic heterocycles. The smallest absolute Gasteiger partial charge is 0.333 e. The van der Waals surface area contributed by atoms with Gasteiger partial charge in [0.05, 0.1) is 7.11 Å². The van der Waals surface area contributed by atoms with E-state index >= 15 is 0 Å². The summed E-state index contributed by atoms with van der Waals surface area (Å²) in [6.45, 7) is 7.22. The summed E-state index contributed by atoms with van der Waals surface area (Å²) in [5, 5.41) is 0. The maximum absolute atomic E-state index is 12.0. The van der Waals surface area contributed by atoms with Crippen molar-refractivity contribution in [1.82, 2.24) is 0 Å². The van der Waals surface area contributed by atoms with Crippen LogP contribution in [-0.2, 0) is 19.1 Å². The lowest BCUT2D eigenvalue weighted by Gasteiger charge is -2.09. The second-order valence-electron chi connectivity index (χ2n) is 5.36. The minimum Gasteiger partial charge on any atom is -0.466 e. The molecule has 4 heteroatoms. The van der Waals surface area contributed by atoms with E-state index in [0.717, 1.165) is 24.0 Å². The van der Waals surface area contributed by atoms with Gasteiger partial charge in [0.25, 0.3) is 0 Å². The summed E-state index contributed by atoms with van der Waals surface area (Å²) in [5.41, 5.74) is 2.19. The van der Waals surface area contributed by atoms with Crippen LogP contribution in [0.25, 0.3) is 0 Å². The number of allylic oxidation sites excluding steroid dienone is 2. The van der Waals surface area contributed by atoms with Gasteiger partial charge in [-0.15, -0.1) is 0 Å². The molecule has 0 N–H and O–H groups in total. The first-order valence-corrected chi connectivity index (χ1v) is 6.85. The third-order valence-corrected chi connectivity index (χ3v) is 3.76. The van der Waals surface area contributed by atoms with Gasteiger partial charge in [-0.2, -0.15) is 0 Å². The van der Waals surface area contributed by atoms with Gasteiger partial charge in [0.15, 0.2) is 5.78 Å². The van der Waals surface area contributed by atoms with Crippen LogP contribution < -0.4 is 0 Å². The van der Waals surface area contributed by atoms with Crippen LogP contribution in [0.4, 0.5) is 0 Å². The zero-order valence-corrected chi connectivity index (χ0v) is 12.5. The van der Waals surface area contributed by atoms with Crippen molar-refractivity contribution in [1.29, 1.82) is 0 Å². The molecule has 1 atom stereocenters. The molecule has 1 fully saturated rings. The standard InChI is InChI=1S/C16H22O4/c1-10(6-5-7-11(2)17)14-8-13(9-15(14)18)12(3)16(19)20-4/h13H,3,5-9H2,1-2,4H3/b14-10-/t13-/m0/s1. The van der Waals surface area contributed by atoms with E-state index in [1.165, 1.54) is 7.11 Å². The van der Waals surface area contributed by atoms with Crippen molar-refractivity contribution in [3.05, 3.63) is 23.3 Å². The SMILES string of the molecule is C=C(C(=O)OC)[C@@H]1CC(=O)/C(=C(/C)CCCC(C)=O)C1. The predicted molar refractivity (Wildman–Crippen MR) is 76.1 cm³/mol. The number of carbonyl (C=O) groups excluding carboxylic acids is 3. The Kier molecular flexibility index (Phi) is 5.86. The summed E-state index contributed by atoms with van der Waals surface area (Å²) in [5.74, 6) is -0.344. The van der Waals surface area contributed by atoms with E-state index in [4.69, 9.17) is 0 Å². The predicted octanol–water partition coefficient (Wildman–Crippen LogP) is 2.77. The highest BCUT2D eigenvalue weighted by molar-refractivity contribution is 6.00. The first-order chi connectivity index (χ1) is 9.36. The summed E-state index contributed by atoms with van der Waals surface area (Å²) in [6, 6.07) is 0. The summed E-state index contributed by atoms with van der Waals surface area (Å²) in [6.07, 6.45) is 2.93. The number of methoxy groups -OCH3 is 1. The quantitative estimate of drug-likeness (QED) is 0.553. The monoisotopic (exact) mass is 278 g/mol. The summed E-state index contributed by atoms with van der Waals surface area (Å²) >= 11 is 0. The van der Waals surface area contributed by atoms with Crippen molar-refractivity contribution in [2.24, 2.45) is 5.92 Å². The van der Waals surface area contributed by atoms with E-state index in [9.17, 15) is 14.4 Å². The maximum Gasteiger partial charge on any atom is 0.333 e. The largest absolute Gasteiger partial charge is 0.466 e. The Bertz CT molecular complexity index is 471. The molecule has 0 spiro atoms. The third-order valence-electron chi connectivity index (χ3n) is 3.76. The number of carbonyl (C=O) groups is 3. The lowest BCUT2D eigenvalue weighted by molar-refractivity contribution is -0.136. The first-order valence-electron chi connectivity index (χ1n) is 6.85.